The van der Waals surface area contributed by atoms with Crippen molar-refractivity contribution in [2.45, 2.75) is 13.8 Å². The van der Waals surface area contributed by atoms with Crippen molar-refractivity contribution in [2.75, 3.05) is 6.61 Å². The molecule has 0 bridgehead atoms. The molecule has 5 nitrogen and oxygen atoms in total. The van der Waals surface area contributed by atoms with Crippen LogP contribution in [0.5, 0.6) is 0 Å². The zero-order valence-electron chi connectivity index (χ0n) is 14.6. The highest BCUT2D eigenvalue weighted by atomic mass is 16.5. The number of carbonyl (C=O) groups is 1. The van der Waals surface area contributed by atoms with Crippen LogP contribution in [0.15, 0.2) is 59.4 Å². The van der Waals surface area contributed by atoms with Crippen LogP contribution in [0.3, 0.4) is 0 Å². The lowest BCUT2D eigenvalue weighted by molar-refractivity contribution is 0.0523. The molecule has 1 aliphatic carbocycles. The Morgan fingerprint density at radius 3 is 2.38 bits per heavy atom. The fourth-order valence-corrected chi connectivity index (χ4v) is 3.41. The van der Waals surface area contributed by atoms with Gasteiger partial charge in [0.05, 0.1) is 34.1 Å². The second-order valence-electron chi connectivity index (χ2n) is 6.09. The van der Waals surface area contributed by atoms with Crippen LogP contribution in [0.1, 0.15) is 23.0 Å². The highest BCUT2D eigenvalue weighted by Gasteiger charge is 2.21. The van der Waals surface area contributed by atoms with E-state index in [0.717, 1.165) is 11.1 Å². The van der Waals surface area contributed by atoms with Crippen LogP contribution in [0.2, 0.25) is 0 Å². The lowest BCUT2D eigenvalue weighted by atomic mass is 10.1. The number of carbonyl (C=O) groups excluding carboxylic acids is 1. The highest BCUT2D eigenvalue weighted by molar-refractivity contribution is 5.93. The van der Waals surface area contributed by atoms with Gasteiger partial charge in [-0.05, 0) is 26.0 Å². The third kappa shape index (κ3) is 2.32. The molecule has 26 heavy (non-hydrogen) atoms. The highest BCUT2D eigenvalue weighted by Crippen LogP contribution is 2.21. The number of ether oxygens (including phenoxy) is 1. The quantitative estimate of drug-likeness (QED) is 0.577. The summed E-state index contributed by atoms with van der Waals surface area (Å²) in [5.74, 6) is -0.485. The van der Waals surface area contributed by atoms with Gasteiger partial charge in [0.2, 0.25) is 0 Å². The molecule has 0 amide bonds. The van der Waals surface area contributed by atoms with Crippen LogP contribution < -0.4 is 5.43 Å². The van der Waals surface area contributed by atoms with E-state index < -0.39 is 5.97 Å². The van der Waals surface area contributed by atoms with Gasteiger partial charge in [-0.3, -0.25) is 14.6 Å². The van der Waals surface area contributed by atoms with Gasteiger partial charge in [0.25, 0.3) is 0 Å². The Bertz CT molecular complexity index is 1240. The first-order valence-electron chi connectivity index (χ1n) is 8.52. The molecule has 1 heterocycles. The van der Waals surface area contributed by atoms with Crippen molar-refractivity contribution in [3.63, 3.8) is 0 Å². The van der Waals surface area contributed by atoms with Crippen molar-refractivity contribution in [1.82, 2.24) is 9.78 Å². The van der Waals surface area contributed by atoms with Crippen LogP contribution in [-0.2, 0) is 4.74 Å². The summed E-state index contributed by atoms with van der Waals surface area (Å²) in [6.45, 7) is 3.81. The fraction of sp³-hybridized carbons (Fsp3) is 0.143. The number of benzene rings is 2. The molecule has 0 aromatic heterocycles. The van der Waals surface area contributed by atoms with E-state index in [1.54, 1.807) is 13.0 Å². The molecule has 0 atom stereocenters. The number of para-hydroxylation sites is 1. The van der Waals surface area contributed by atoms with Crippen molar-refractivity contribution < 1.29 is 9.53 Å². The Morgan fingerprint density at radius 1 is 1.04 bits per heavy atom. The third-order valence-corrected chi connectivity index (χ3v) is 4.58. The van der Waals surface area contributed by atoms with E-state index in [2.05, 4.69) is 5.10 Å². The first-order chi connectivity index (χ1) is 12.6. The van der Waals surface area contributed by atoms with E-state index in [0.29, 0.717) is 27.2 Å². The zero-order valence-corrected chi connectivity index (χ0v) is 14.6. The van der Waals surface area contributed by atoms with Crippen molar-refractivity contribution in [3.05, 3.63) is 86.6 Å². The lowest BCUT2D eigenvalue weighted by Crippen LogP contribution is -2.18. The number of hydrogen-bond acceptors (Lipinski definition) is 3. The molecule has 0 saturated carbocycles. The van der Waals surface area contributed by atoms with E-state index >= 15 is 0 Å². The molecule has 130 valence electrons. The molecular formula is C21H18N2O3. The summed E-state index contributed by atoms with van der Waals surface area (Å²) in [5.41, 5.74) is 1.66. The molecule has 1 N–H and O–H groups in total. The van der Waals surface area contributed by atoms with E-state index in [-0.39, 0.29) is 12.0 Å². The summed E-state index contributed by atoms with van der Waals surface area (Å²) in [5, 5.41) is 5.73. The largest absolute Gasteiger partial charge is 0.462 e. The van der Waals surface area contributed by atoms with Gasteiger partial charge < -0.3 is 4.74 Å². The van der Waals surface area contributed by atoms with Crippen molar-refractivity contribution in [1.29, 1.82) is 0 Å². The number of aromatic nitrogens is 2. The van der Waals surface area contributed by atoms with Gasteiger partial charge >= 0.3 is 5.97 Å². The Kier molecular flexibility index (Phi) is 3.84. The van der Waals surface area contributed by atoms with Crippen LogP contribution in [0, 0.1) is 17.5 Å². The number of aromatic amines is 1. The van der Waals surface area contributed by atoms with E-state index in [9.17, 15) is 9.59 Å². The SMILES string of the molecule is CCOC(=O)c1c(C)n(-c2ccccc2)[nH]c2c3ccccc3c(=O)c1=2. The minimum Gasteiger partial charge on any atom is -0.462 e. The first-order valence-corrected chi connectivity index (χ1v) is 8.52. The summed E-state index contributed by atoms with van der Waals surface area (Å²) in [4.78, 5) is 25.7. The molecule has 2 aromatic carbocycles. The number of fused-ring (bicyclic) bond motifs is 2. The predicted molar refractivity (Wildman–Crippen MR) is 99.9 cm³/mol. The number of esters is 1. The van der Waals surface area contributed by atoms with Gasteiger partial charge in [0.1, 0.15) is 0 Å². The monoisotopic (exact) mass is 346 g/mol. The summed E-state index contributed by atoms with van der Waals surface area (Å²) >= 11 is 0. The third-order valence-electron chi connectivity index (χ3n) is 4.58. The Morgan fingerprint density at radius 2 is 1.69 bits per heavy atom. The van der Waals surface area contributed by atoms with Crippen LogP contribution >= 0.6 is 0 Å². The predicted octanol–water partition coefficient (Wildman–Crippen LogP) is 3.53. The van der Waals surface area contributed by atoms with Gasteiger partial charge in [-0.15, -0.1) is 0 Å². The van der Waals surface area contributed by atoms with Crippen LogP contribution in [0.4, 0.5) is 0 Å². The molecule has 0 saturated heterocycles. The Hall–Kier alpha value is -3.34. The Labute approximate surface area is 149 Å². The maximum Gasteiger partial charge on any atom is 0.340 e. The Balaban J connectivity index is 2.22. The smallest absolute Gasteiger partial charge is 0.340 e. The fourth-order valence-electron chi connectivity index (χ4n) is 3.41. The maximum atomic E-state index is 13.0. The topological polar surface area (TPSA) is 64.1 Å². The summed E-state index contributed by atoms with van der Waals surface area (Å²) in [6.07, 6.45) is 0. The number of nitrogens with zero attached hydrogens (tertiary/aromatic N) is 1. The number of rotatable bonds is 3. The van der Waals surface area contributed by atoms with Crippen LogP contribution in [-0.4, -0.2) is 22.4 Å². The second kappa shape index (κ2) is 6.19. The minimum absolute atomic E-state index is 0.154. The van der Waals surface area contributed by atoms with E-state index in [1.807, 2.05) is 60.1 Å². The van der Waals surface area contributed by atoms with Crippen molar-refractivity contribution in [2.24, 2.45) is 0 Å². The zero-order chi connectivity index (χ0) is 18.3. The lowest BCUT2D eigenvalue weighted by Gasteiger charge is -2.15. The molecular weight excluding hydrogens is 328 g/mol. The van der Waals surface area contributed by atoms with Gasteiger partial charge in [-0.1, -0.05) is 42.5 Å². The number of H-pyrrole nitrogens is 1. The molecule has 0 unspecified atom stereocenters. The number of nitrogens with one attached hydrogen (secondary N) is 1. The molecule has 5 heteroatoms. The van der Waals surface area contributed by atoms with E-state index in [4.69, 9.17) is 4.74 Å². The summed E-state index contributed by atoms with van der Waals surface area (Å²) in [7, 11) is 0. The molecule has 2 aliphatic rings. The minimum atomic E-state index is -0.485. The van der Waals surface area contributed by atoms with Gasteiger partial charge in [0.15, 0.2) is 5.43 Å². The number of hydrogen-bond donors (Lipinski definition) is 1. The van der Waals surface area contributed by atoms with Gasteiger partial charge in [0, 0.05) is 10.8 Å². The van der Waals surface area contributed by atoms with Gasteiger partial charge in [-0.2, -0.15) is 0 Å². The van der Waals surface area contributed by atoms with Crippen LogP contribution in [0.25, 0.3) is 16.5 Å². The maximum absolute atomic E-state index is 13.0. The van der Waals surface area contributed by atoms with Crippen molar-refractivity contribution in [3.8, 4) is 5.69 Å². The average Bonchev–Trinajstić information content (AvgIpc) is 2.94. The average molecular weight is 346 g/mol. The molecule has 0 spiro atoms. The van der Waals surface area contributed by atoms with Gasteiger partial charge in [-0.25, -0.2) is 4.79 Å². The first kappa shape index (κ1) is 16.1. The molecule has 2 aromatic rings. The molecule has 1 aliphatic heterocycles. The summed E-state index contributed by atoms with van der Waals surface area (Å²) in [6, 6.07) is 17.0. The van der Waals surface area contributed by atoms with E-state index in [1.165, 1.54) is 0 Å². The molecule has 0 fully saturated rings. The molecule has 0 radical (unpaired) electrons. The second-order valence-corrected chi connectivity index (χ2v) is 6.09. The normalized spacial score (nSPS) is 11.2. The van der Waals surface area contributed by atoms with Crippen molar-refractivity contribution >= 4 is 16.7 Å². The summed E-state index contributed by atoms with van der Waals surface area (Å²) < 4.78 is 7.07. The standard InChI is InChI=1S/C21H18N2O3/c1-3-26-21(25)17-13(2)23(14-9-5-4-6-10-14)22-19-15-11-7-8-12-16(15)20(24)18(17)19/h4-12,22H,3H2,1-2H3. The molecule has 4 rings (SSSR count).